The van der Waals surface area contributed by atoms with Gasteiger partial charge in [-0.1, -0.05) is 30.7 Å². The molecule has 21 heavy (non-hydrogen) atoms. The molecule has 3 heteroatoms. The first-order chi connectivity index (χ1) is 10.1. The summed E-state index contributed by atoms with van der Waals surface area (Å²) in [6.07, 6.45) is 4.89. The Morgan fingerprint density at radius 3 is 2.71 bits per heavy atom. The standard InChI is InChI=1S/C18H23FN2/c1-4-7-21-18(16-9-17(19)12-20-11-16)10-15-8-13(2)5-6-14(15)3/h5-6,8-9,11-12,18,21H,4,7,10H2,1-3H3. The number of rotatable bonds is 6. The molecule has 1 aromatic heterocycles. The molecule has 0 radical (unpaired) electrons. The average molecular weight is 286 g/mol. The Balaban J connectivity index is 2.25. The molecular formula is C18H23FN2. The number of aryl methyl sites for hydroxylation is 2. The van der Waals surface area contributed by atoms with E-state index in [-0.39, 0.29) is 11.9 Å². The molecule has 0 saturated heterocycles. The van der Waals surface area contributed by atoms with E-state index in [0.29, 0.717) is 0 Å². The van der Waals surface area contributed by atoms with Gasteiger partial charge in [0.2, 0.25) is 0 Å². The molecule has 2 rings (SSSR count). The smallest absolute Gasteiger partial charge is 0.141 e. The second-order valence-corrected chi connectivity index (χ2v) is 5.58. The van der Waals surface area contributed by atoms with Crippen LogP contribution in [0.5, 0.6) is 0 Å². The van der Waals surface area contributed by atoms with E-state index in [9.17, 15) is 4.39 Å². The summed E-state index contributed by atoms with van der Waals surface area (Å²) in [4.78, 5) is 3.98. The van der Waals surface area contributed by atoms with Crippen LogP contribution < -0.4 is 5.32 Å². The van der Waals surface area contributed by atoms with E-state index >= 15 is 0 Å². The van der Waals surface area contributed by atoms with Crippen LogP contribution in [-0.4, -0.2) is 11.5 Å². The van der Waals surface area contributed by atoms with Gasteiger partial charge in [-0.25, -0.2) is 4.39 Å². The van der Waals surface area contributed by atoms with Crippen LogP contribution in [0.2, 0.25) is 0 Å². The molecule has 0 aliphatic rings. The molecule has 1 unspecified atom stereocenters. The lowest BCUT2D eigenvalue weighted by Crippen LogP contribution is -2.24. The van der Waals surface area contributed by atoms with Crippen molar-refractivity contribution in [3.63, 3.8) is 0 Å². The summed E-state index contributed by atoms with van der Waals surface area (Å²) in [6.45, 7) is 7.26. The lowest BCUT2D eigenvalue weighted by atomic mass is 9.95. The summed E-state index contributed by atoms with van der Waals surface area (Å²) in [7, 11) is 0. The molecule has 0 fully saturated rings. The Labute approximate surface area is 126 Å². The second kappa shape index (κ2) is 7.32. The van der Waals surface area contributed by atoms with Gasteiger partial charge in [0.05, 0.1) is 6.20 Å². The number of benzene rings is 1. The lowest BCUT2D eigenvalue weighted by molar-refractivity contribution is 0.520. The summed E-state index contributed by atoms with van der Waals surface area (Å²) in [5, 5.41) is 3.50. The van der Waals surface area contributed by atoms with Crippen molar-refractivity contribution in [2.24, 2.45) is 0 Å². The maximum absolute atomic E-state index is 13.4. The SMILES string of the molecule is CCCNC(Cc1cc(C)ccc1C)c1cncc(F)c1. The molecule has 0 saturated carbocycles. The van der Waals surface area contributed by atoms with E-state index in [1.807, 2.05) is 0 Å². The van der Waals surface area contributed by atoms with Crippen molar-refractivity contribution in [2.45, 2.75) is 39.7 Å². The second-order valence-electron chi connectivity index (χ2n) is 5.58. The summed E-state index contributed by atoms with van der Waals surface area (Å²) in [5.74, 6) is -0.281. The third-order valence-electron chi connectivity index (χ3n) is 3.70. The van der Waals surface area contributed by atoms with Crippen LogP contribution >= 0.6 is 0 Å². The van der Waals surface area contributed by atoms with E-state index in [1.165, 1.54) is 22.9 Å². The molecule has 2 aromatic rings. The van der Waals surface area contributed by atoms with E-state index in [2.05, 4.69) is 49.3 Å². The van der Waals surface area contributed by atoms with Crippen molar-refractivity contribution in [2.75, 3.05) is 6.54 Å². The van der Waals surface area contributed by atoms with Crippen LogP contribution in [0.25, 0.3) is 0 Å². The van der Waals surface area contributed by atoms with Gasteiger partial charge in [-0.05, 0) is 56.0 Å². The highest BCUT2D eigenvalue weighted by molar-refractivity contribution is 5.32. The van der Waals surface area contributed by atoms with E-state index < -0.39 is 0 Å². The Morgan fingerprint density at radius 2 is 2.00 bits per heavy atom. The predicted octanol–water partition coefficient (Wildman–Crippen LogP) is 4.12. The third kappa shape index (κ3) is 4.36. The van der Waals surface area contributed by atoms with Crippen molar-refractivity contribution in [3.8, 4) is 0 Å². The van der Waals surface area contributed by atoms with Crippen LogP contribution in [0.1, 0.15) is 41.6 Å². The van der Waals surface area contributed by atoms with Gasteiger partial charge in [-0.15, -0.1) is 0 Å². The molecule has 1 heterocycles. The highest BCUT2D eigenvalue weighted by Crippen LogP contribution is 2.21. The molecule has 1 atom stereocenters. The van der Waals surface area contributed by atoms with E-state index in [4.69, 9.17) is 0 Å². The minimum atomic E-state index is -0.281. The fraction of sp³-hybridized carbons (Fsp3) is 0.389. The fourth-order valence-electron chi connectivity index (χ4n) is 2.49. The quantitative estimate of drug-likeness (QED) is 0.864. The van der Waals surface area contributed by atoms with E-state index in [0.717, 1.165) is 24.9 Å². The molecule has 1 N–H and O–H groups in total. The Morgan fingerprint density at radius 1 is 1.19 bits per heavy atom. The van der Waals surface area contributed by atoms with Crippen LogP contribution in [0.15, 0.2) is 36.7 Å². The van der Waals surface area contributed by atoms with Gasteiger partial charge < -0.3 is 5.32 Å². The molecular weight excluding hydrogens is 263 g/mol. The highest BCUT2D eigenvalue weighted by Gasteiger charge is 2.14. The van der Waals surface area contributed by atoms with E-state index in [1.54, 1.807) is 12.3 Å². The Bertz CT molecular complexity index is 596. The first-order valence-corrected chi connectivity index (χ1v) is 7.50. The number of aromatic nitrogens is 1. The predicted molar refractivity (Wildman–Crippen MR) is 84.8 cm³/mol. The number of halogens is 1. The number of nitrogens with one attached hydrogen (secondary N) is 1. The topological polar surface area (TPSA) is 24.9 Å². The monoisotopic (exact) mass is 286 g/mol. The van der Waals surface area contributed by atoms with Crippen LogP contribution in [0.3, 0.4) is 0 Å². The number of hydrogen-bond acceptors (Lipinski definition) is 2. The van der Waals surface area contributed by atoms with Crippen molar-refractivity contribution < 1.29 is 4.39 Å². The normalized spacial score (nSPS) is 12.4. The average Bonchev–Trinajstić information content (AvgIpc) is 2.47. The van der Waals surface area contributed by atoms with Gasteiger partial charge >= 0.3 is 0 Å². The van der Waals surface area contributed by atoms with Crippen molar-refractivity contribution in [1.82, 2.24) is 10.3 Å². The van der Waals surface area contributed by atoms with Crippen molar-refractivity contribution in [3.05, 3.63) is 64.7 Å². The van der Waals surface area contributed by atoms with Gasteiger partial charge in [-0.2, -0.15) is 0 Å². The number of pyridine rings is 1. The lowest BCUT2D eigenvalue weighted by Gasteiger charge is -2.20. The fourth-order valence-corrected chi connectivity index (χ4v) is 2.49. The first kappa shape index (κ1) is 15.6. The minimum Gasteiger partial charge on any atom is -0.310 e. The molecule has 0 bridgehead atoms. The molecule has 0 amide bonds. The minimum absolute atomic E-state index is 0.0913. The summed E-state index contributed by atoms with van der Waals surface area (Å²) in [5.41, 5.74) is 4.73. The van der Waals surface area contributed by atoms with Gasteiger partial charge in [0, 0.05) is 12.2 Å². The highest BCUT2D eigenvalue weighted by atomic mass is 19.1. The first-order valence-electron chi connectivity index (χ1n) is 7.50. The molecule has 2 nitrogen and oxygen atoms in total. The summed E-state index contributed by atoms with van der Waals surface area (Å²) < 4.78 is 13.4. The van der Waals surface area contributed by atoms with Gasteiger partial charge in [0.25, 0.3) is 0 Å². The summed E-state index contributed by atoms with van der Waals surface area (Å²) in [6, 6.07) is 8.14. The largest absolute Gasteiger partial charge is 0.310 e. The number of hydrogen-bond donors (Lipinski definition) is 1. The molecule has 1 aromatic carbocycles. The zero-order chi connectivity index (χ0) is 15.2. The summed E-state index contributed by atoms with van der Waals surface area (Å²) >= 11 is 0. The van der Waals surface area contributed by atoms with Gasteiger partial charge in [0.15, 0.2) is 0 Å². The Hall–Kier alpha value is -1.74. The maximum atomic E-state index is 13.4. The molecule has 0 aliphatic heterocycles. The third-order valence-corrected chi connectivity index (χ3v) is 3.70. The zero-order valence-corrected chi connectivity index (χ0v) is 13.0. The van der Waals surface area contributed by atoms with Crippen LogP contribution in [0.4, 0.5) is 4.39 Å². The number of nitrogens with zero attached hydrogens (tertiary/aromatic N) is 1. The molecule has 0 spiro atoms. The van der Waals surface area contributed by atoms with Crippen LogP contribution in [-0.2, 0) is 6.42 Å². The Kier molecular flexibility index (Phi) is 5.45. The van der Waals surface area contributed by atoms with Crippen LogP contribution in [0, 0.1) is 19.7 Å². The van der Waals surface area contributed by atoms with Gasteiger partial charge in [-0.3, -0.25) is 4.98 Å². The van der Waals surface area contributed by atoms with Crippen molar-refractivity contribution >= 4 is 0 Å². The van der Waals surface area contributed by atoms with Gasteiger partial charge in [0.1, 0.15) is 5.82 Å². The molecule has 0 aliphatic carbocycles. The molecule has 112 valence electrons. The maximum Gasteiger partial charge on any atom is 0.141 e. The zero-order valence-electron chi connectivity index (χ0n) is 13.0. The van der Waals surface area contributed by atoms with Crippen molar-refractivity contribution in [1.29, 1.82) is 0 Å².